The molecule has 0 radical (unpaired) electrons. The molecule has 0 saturated carbocycles. The van der Waals surface area contributed by atoms with Gasteiger partial charge in [0.25, 0.3) is 0 Å². The van der Waals surface area contributed by atoms with Crippen LogP contribution in [0.15, 0.2) is 18.2 Å². The molecule has 5 nitrogen and oxygen atoms in total. The Morgan fingerprint density at radius 3 is 2.59 bits per heavy atom. The zero-order chi connectivity index (χ0) is 12.6. The van der Waals surface area contributed by atoms with Gasteiger partial charge in [-0.3, -0.25) is 4.79 Å². The van der Waals surface area contributed by atoms with E-state index in [1.807, 2.05) is 19.1 Å². The Hall–Kier alpha value is -1.91. The van der Waals surface area contributed by atoms with Gasteiger partial charge in [-0.05, 0) is 31.5 Å². The van der Waals surface area contributed by atoms with E-state index in [4.69, 9.17) is 17.2 Å². The molecule has 5 heteroatoms. The Morgan fingerprint density at radius 2 is 2.06 bits per heavy atom. The molecule has 0 spiro atoms. The second kappa shape index (κ2) is 3.84. The fourth-order valence-electron chi connectivity index (χ4n) is 2.14. The summed E-state index contributed by atoms with van der Waals surface area (Å²) in [5.74, 6) is -0.247. The average Bonchev–Trinajstić information content (AvgIpc) is 2.67. The number of primary amides is 1. The predicted octanol–water partition coefficient (Wildman–Crippen LogP) is 0.553. The number of hydrogen-bond donors (Lipinski definition) is 3. The molecule has 1 fully saturated rings. The van der Waals surface area contributed by atoms with Crippen molar-refractivity contribution in [1.82, 2.24) is 0 Å². The van der Waals surface area contributed by atoms with Gasteiger partial charge in [0.1, 0.15) is 0 Å². The van der Waals surface area contributed by atoms with E-state index in [9.17, 15) is 4.79 Å². The second-order valence-corrected chi connectivity index (χ2v) is 4.91. The number of anilines is 3. The molecule has 1 saturated heterocycles. The highest BCUT2D eigenvalue weighted by Gasteiger charge is 2.38. The first-order chi connectivity index (χ1) is 7.92. The van der Waals surface area contributed by atoms with Crippen LogP contribution in [-0.4, -0.2) is 19.0 Å². The van der Waals surface area contributed by atoms with Crippen molar-refractivity contribution in [1.29, 1.82) is 0 Å². The lowest BCUT2D eigenvalue weighted by Gasteiger charge is -2.23. The van der Waals surface area contributed by atoms with Crippen LogP contribution in [0, 0.1) is 5.41 Å². The molecular weight excluding hydrogens is 216 g/mol. The van der Waals surface area contributed by atoms with Gasteiger partial charge in [0.2, 0.25) is 5.91 Å². The third kappa shape index (κ3) is 2.00. The highest BCUT2D eigenvalue weighted by atomic mass is 16.1. The third-order valence-corrected chi connectivity index (χ3v) is 3.50. The Kier molecular flexibility index (Phi) is 2.61. The number of hydrogen-bond acceptors (Lipinski definition) is 4. The summed E-state index contributed by atoms with van der Waals surface area (Å²) in [6, 6.07) is 5.53. The van der Waals surface area contributed by atoms with Gasteiger partial charge in [-0.25, -0.2) is 0 Å². The molecule has 6 N–H and O–H groups in total. The molecule has 1 amide bonds. The maximum atomic E-state index is 11.4. The summed E-state index contributed by atoms with van der Waals surface area (Å²) in [4.78, 5) is 13.5. The highest BCUT2D eigenvalue weighted by Crippen LogP contribution is 2.34. The Bertz CT molecular complexity index is 460. The number of nitrogen functional groups attached to an aromatic ring is 2. The summed E-state index contributed by atoms with van der Waals surface area (Å²) in [5, 5.41) is 0. The van der Waals surface area contributed by atoms with Crippen molar-refractivity contribution in [2.75, 3.05) is 29.5 Å². The maximum Gasteiger partial charge on any atom is 0.225 e. The Balaban J connectivity index is 2.21. The number of amides is 1. The smallest absolute Gasteiger partial charge is 0.225 e. The number of benzene rings is 1. The topological polar surface area (TPSA) is 98.4 Å². The number of carbonyl (C=O) groups excluding carboxylic acids is 1. The molecular formula is C12H18N4O. The molecule has 17 heavy (non-hydrogen) atoms. The quantitative estimate of drug-likeness (QED) is 0.651. The molecule has 0 aromatic heterocycles. The summed E-state index contributed by atoms with van der Waals surface area (Å²) < 4.78 is 0. The van der Waals surface area contributed by atoms with Gasteiger partial charge in [0.05, 0.1) is 16.8 Å². The van der Waals surface area contributed by atoms with Crippen LogP contribution in [-0.2, 0) is 4.79 Å². The highest BCUT2D eigenvalue weighted by molar-refractivity contribution is 5.82. The Morgan fingerprint density at radius 1 is 1.35 bits per heavy atom. The van der Waals surface area contributed by atoms with Crippen molar-refractivity contribution in [2.24, 2.45) is 11.1 Å². The van der Waals surface area contributed by atoms with Gasteiger partial charge < -0.3 is 22.1 Å². The molecule has 1 aromatic rings. The molecule has 1 unspecified atom stereocenters. The number of rotatable bonds is 2. The molecule has 2 rings (SSSR count). The van der Waals surface area contributed by atoms with Crippen LogP contribution in [0.3, 0.4) is 0 Å². The van der Waals surface area contributed by atoms with Crippen LogP contribution in [0.25, 0.3) is 0 Å². The SMILES string of the molecule is CC1(C(N)=O)CCN(c2ccc(N)c(N)c2)C1. The third-order valence-electron chi connectivity index (χ3n) is 3.50. The van der Waals surface area contributed by atoms with Crippen molar-refractivity contribution in [2.45, 2.75) is 13.3 Å². The summed E-state index contributed by atoms with van der Waals surface area (Å²) in [6.45, 7) is 3.34. The van der Waals surface area contributed by atoms with Crippen LogP contribution in [0.5, 0.6) is 0 Å². The lowest BCUT2D eigenvalue weighted by Crippen LogP contribution is -2.37. The number of nitrogens with two attached hydrogens (primary N) is 3. The van der Waals surface area contributed by atoms with Gasteiger partial charge in [-0.2, -0.15) is 0 Å². The summed E-state index contributed by atoms with van der Waals surface area (Å²) in [7, 11) is 0. The minimum absolute atomic E-state index is 0.247. The van der Waals surface area contributed by atoms with E-state index >= 15 is 0 Å². The van der Waals surface area contributed by atoms with Crippen LogP contribution < -0.4 is 22.1 Å². The molecule has 1 aliphatic rings. The predicted molar refractivity (Wildman–Crippen MR) is 69.4 cm³/mol. The van der Waals surface area contributed by atoms with E-state index in [1.165, 1.54) is 0 Å². The fraction of sp³-hybridized carbons (Fsp3) is 0.417. The van der Waals surface area contributed by atoms with E-state index in [1.54, 1.807) is 6.07 Å². The first kappa shape index (κ1) is 11.6. The summed E-state index contributed by atoms with van der Waals surface area (Å²) >= 11 is 0. The first-order valence-electron chi connectivity index (χ1n) is 5.62. The molecule has 1 aromatic carbocycles. The van der Waals surface area contributed by atoms with Crippen molar-refractivity contribution < 1.29 is 4.79 Å². The van der Waals surface area contributed by atoms with Crippen molar-refractivity contribution >= 4 is 23.0 Å². The maximum absolute atomic E-state index is 11.4. The molecule has 1 aliphatic heterocycles. The van der Waals surface area contributed by atoms with Crippen molar-refractivity contribution in [3.05, 3.63) is 18.2 Å². The second-order valence-electron chi connectivity index (χ2n) is 4.91. The monoisotopic (exact) mass is 234 g/mol. The zero-order valence-electron chi connectivity index (χ0n) is 9.94. The lowest BCUT2D eigenvalue weighted by atomic mass is 9.89. The van der Waals surface area contributed by atoms with Gasteiger partial charge in [-0.1, -0.05) is 0 Å². The average molecular weight is 234 g/mol. The Labute approximate surface area is 101 Å². The lowest BCUT2D eigenvalue weighted by molar-refractivity contribution is -0.125. The number of carbonyl (C=O) groups is 1. The van der Waals surface area contributed by atoms with Gasteiger partial charge >= 0.3 is 0 Å². The minimum atomic E-state index is -0.448. The van der Waals surface area contributed by atoms with E-state index in [2.05, 4.69) is 4.90 Å². The number of nitrogens with zero attached hydrogens (tertiary/aromatic N) is 1. The molecule has 92 valence electrons. The van der Waals surface area contributed by atoms with E-state index in [0.717, 1.165) is 18.7 Å². The zero-order valence-corrected chi connectivity index (χ0v) is 9.94. The standard InChI is InChI=1S/C12H18N4O/c1-12(11(15)17)4-5-16(7-12)8-2-3-9(13)10(14)6-8/h2-3,6H,4-5,7,13-14H2,1H3,(H2,15,17). The summed E-state index contributed by atoms with van der Waals surface area (Å²) in [5.41, 5.74) is 18.5. The fourth-order valence-corrected chi connectivity index (χ4v) is 2.14. The first-order valence-corrected chi connectivity index (χ1v) is 5.62. The van der Waals surface area contributed by atoms with Gasteiger partial charge in [0, 0.05) is 18.8 Å². The van der Waals surface area contributed by atoms with Crippen LogP contribution >= 0.6 is 0 Å². The van der Waals surface area contributed by atoms with Crippen LogP contribution in [0.2, 0.25) is 0 Å². The van der Waals surface area contributed by atoms with E-state index in [0.29, 0.717) is 17.9 Å². The van der Waals surface area contributed by atoms with Crippen molar-refractivity contribution in [3.63, 3.8) is 0 Å². The normalized spacial score (nSPS) is 23.9. The van der Waals surface area contributed by atoms with Gasteiger partial charge in [-0.15, -0.1) is 0 Å². The minimum Gasteiger partial charge on any atom is -0.397 e. The summed E-state index contributed by atoms with van der Waals surface area (Å²) in [6.07, 6.45) is 0.770. The van der Waals surface area contributed by atoms with E-state index in [-0.39, 0.29) is 5.91 Å². The van der Waals surface area contributed by atoms with E-state index < -0.39 is 5.41 Å². The molecule has 1 heterocycles. The largest absolute Gasteiger partial charge is 0.397 e. The van der Waals surface area contributed by atoms with Crippen molar-refractivity contribution in [3.8, 4) is 0 Å². The van der Waals surface area contributed by atoms with Crippen LogP contribution in [0.1, 0.15) is 13.3 Å². The molecule has 1 atom stereocenters. The van der Waals surface area contributed by atoms with Gasteiger partial charge in [0.15, 0.2) is 0 Å². The van der Waals surface area contributed by atoms with Crippen LogP contribution in [0.4, 0.5) is 17.1 Å². The molecule has 0 bridgehead atoms. The molecule has 0 aliphatic carbocycles.